The molecule has 2 aliphatic heterocycles. The molecule has 0 spiro atoms. The van der Waals surface area contributed by atoms with E-state index < -0.39 is 51.3 Å². The third kappa shape index (κ3) is 15.1. The number of nitrogens with zero attached hydrogens (tertiary/aromatic N) is 2. The summed E-state index contributed by atoms with van der Waals surface area (Å²) in [6.45, 7) is 11.0. The summed E-state index contributed by atoms with van der Waals surface area (Å²) < 4.78 is 127. The second kappa shape index (κ2) is 21.3. The molecule has 0 amide bonds. The van der Waals surface area contributed by atoms with Gasteiger partial charge in [0.25, 0.3) is 40.5 Å². The molecule has 368 valence electrons. The van der Waals surface area contributed by atoms with Gasteiger partial charge in [-0.1, -0.05) is 52.0 Å². The van der Waals surface area contributed by atoms with Crippen LogP contribution in [0.1, 0.15) is 101 Å². The second-order valence-corrected chi connectivity index (χ2v) is 24.9. The minimum Gasteiger partial charge on any atom is -0.506 e. The van der Waals surface area contributed by atoms with Crippen LogP contribution in [-0.2, 0) is 69.2 Å². The summed E-state index contributed by atoms with van der Waals surface area (Å²) in [5, 5.41) is 18.2. The van der Waals surface area contributed by atoms with Gasteiger partial charge in [0.15, 0.2) is 5.78 Å². The zero-order chi connectivity index (χ0) is 48.9. The number of aliphatic hydroxyl groups excluding tert-OH is 1. The number of Topliss-reactive ketones (excluding diaryl/α,β-unsaturated/α-hetero) is 1. The first-order valence-electron chi connectivity index (χ1n) is 22.0. The van der Waals surface area contributed by atoms with Crippen molar-refractivity contribution in [2.45, 2.75) is 109 Å². The highest BCUT2D eigenvalue weighted by atomic mass is 32.2. The van der Waals surface area contributed by atoms with Crippen molar-refractivity contribution in [3.63, 3.8) is 0 Å². The van der Waals surface area contributed by atoms with E-state index in [2.05, 4.69) is 26.5 Å². The number of carbonyl (C=O) groups is 1. The minimum atomic E-state index is -4.10. The summed E-state index contributed by atoms with van der Waals surface area (Å²) >= 11 is 0. The molecule has 2 aromatic rings. The second-order valence-electron chi connectivity index (χ2n) is 18.6. The van der Waals surface area contributed by atoms with E-state index in [1.807, 2.05) is 58.0 Å². The Labute approximate surface area is 389 Å². The van der Waals surface area contributed by atoms with Gasteiger partial charge in [0.2, 0.25) is 0 Å². The van der Waals surface area contributed by atoms with Crippen LogP contribution in [0.2, 0.25) is 0 Å². The highest BCUT2D eigenvalue weighted by molar-refractivity contribution is 7.86. The molecule has 7 N–H and O–H groups in total. The molecule has 66 heavy (non-hydrogen) atoms. The Morgan fingerprint density at radius 2 is 1.02 bits per heavy atom. The maximum Gasteiger partial charge on any atom is 0.264 e. The number of hydrogen-bond acceptors (Lipinski definition) is 14. The van der Waals surface area contributed by atoms with Crippen molar-refractivity contribution in [1.82, 2.24) is 9.80 Å². The Hall–Kier alpha value is -3.71. The van der Waals surface area contributed by atoms with Gasteiger partial charge in [-0.05, 0) is 124 Å². The van der Waals surface area contributed by atoms with Gasteiger partial charge in [-0.2, -0.15) is 33.7 Å². The summed E-state index contributed by atoms with van der Waals surface area (Å²) in [6, 6.07) is 11.5. The SMILES string of the molecule is CC1(C)C(=CC2=C(O)C(=CC3Nc4ccc(CN(CCCCS(=O)(=O)O)CCCCS(=O)(=O)O)cc4C3(C)C)C2=O)Nc2ccc(CN(CCCCS(=O)(=O)O)CCCCS(=O)(=O)O)cc21. The molecule has 22 heteroatoms. The number of hydrogen-bond donors (Lipinski definition) is 7. The van der Waals surface area contributed by atoms with Crippen LogP contribution in [0.15, 0.2) is 71.2 Å². The lowest BCUT2D eigenvalue weighted by Crippen LogP contribution is -2.34. The molecule has 0 bridgehead atoms. The standard InChI is InChI=1S/C44H64N4O14S4/c1-43(2)35-25-31(29-47(17-5-9-21-63(51,52)53)18-6-10-22-64(54,55)56)13-15-37(35)45-39(43)27-33-41(49)34(42(33)50)28-40-44(3,4)36-26-32(14-16-38(36)46-40)30-48(19-7-11-23-65(57,58)59)20-8-12-24-66(60,61)62/h13-16,25-28,39,45-46,49H,5-12,17-24,29-30H2,1-4H3,(H,51,52,53)(H,54,55,56)(H,57,58,59)(H,60,61,62). The van der Waals surface area contributed by atoms with Gasteiger partial charge in [-0.3, -0.25) is 32.8 Å². The Balaban J connectivity index is 1.27. The summed E-state index contributed by atoms with van der Waals surface area (Å²) in [7, 11) is -16.4. The number of nitrogens with one attached hydrogen (secondary N) is 2. The smallest absolute Gasteiger partial charge is 0.264 e. The Bertz CT molecular complexity index is 2600. The predicted molar refractivity (Wildman–Crippen MR) is 254 cm³/mol. The molecule has 3 aliphatic rings. The van der Waals surface area contributed by atoms with Crippen molar-refractivity contribution in [3.8, 4) is 0 Å². The van der Waals surface area contributed by atoms with E-state index >= 15 is 0 Å². The number of allylic oxidation sites excluding steroid dienone is 4. The van der Waals surface area contributed by atoms with Crippen molar-refractivity contribution in [2.24, 2.45) is 0 Å². The zero-order valence-corrected chi connectivity index (χ0v) is 41.1. The topological polar surface area (TPSA) is 285 Å². The monoisotopic (exact) mass is 1000 g/mol. The number of anilines is 2. The first-order chi connectivity index (χ1) is 30.5. The first-order valence-corrected chi connectivity index (χ1v) is 28.4. The van der Waals surface area contributed by atoms with E-state index in [4.69, 9.17) is 18.2 Å². The maximum atomic E-state index is 13.7. The zero-order valence-electron chi connectivity index (χ0n) is 37.9. The highest BCUT2D eigenvalue weighted by Gasteiger charge is 2.43. The summed E-state index contributed by atoms with van der Waals surface area (Å²) in [5.74, 6) is -1.87. The van der Waals surface area contributed by atoms with Crippen molar-refractivity contribution >= 4 is 57.6 Å². The fraction of sp³-hybridized carbons (Fsp3) is 0.568. The largest absolute Gasteiger partial charge is 0.506 e. The van der Waals surface area contributed by atoms with Crippen LogP contribution < -0.4 is 10.6 Å². The highest BCUT2D eigenvalue weighted by Crippen LogP contribution is 2.47. The average molecular weight is 1000 g/mol. The van der Waals surface area contributed by atoms with Gasteiger partial charge < -0.3 is 15.7 Å². The van der Waals surface area contributed by atoms with Crippen molar-refractivity contribution in [3.05, 3.63) is 93.4 Å². The van der Waals surface area contributed by atoms with Crippen LogP contribution in [0.5, 0.6) is 0 Å². The molecule has 0 saturated heterocycles. The van der Waals surface area contributed by atoms with E-state index in [0.717, 1.165) is 33.6 Å². The van der Waals surface area contributed by atoms with Gasteiger partial charge >= 0.3 is 0 Å². The molecular weight excluding hydrogens is 937 g/mol. The predicted octanol–water partition coefficient (Wildman–Crippen LogP) is 5.64. The van der Waals surface area contributed by atoms with E-state index in [-0.39, 0.29) is 77.4 Å². The molecule has 18 nitrogen and oxygen atoms in total. The molecule has 0 fully saturated rings. The van der Waals surface area contributed by atoms with Crippen molar-refractivity contribution in [2.75, 3.05) is 59.8 Å². The molecule has 1 unspecified atom stereocenters. The van der Waals surface area contributed by atoms with E-state index in [1.165, 1.54) is 0 Å². The number of carbonyl (C=O) groups excluding carboxylic acids is 1. The Kier molecular flexibility index (Phi) is 17.2. The van der Waals surface area contributed by atoms with Crippen LogP contribution >= 0.6 is 0 Å². The van der Waals surface area contributed by atoms with Gasteiger partial charge in [-0.25, -0.2) is 0 Å². The molecule has 5 rings (SSSR count). The number of ketones is 1. The van der Waals surface area contributed by atoms with Crippen molar-refractivity contribution < 1.29 is 61.8 Å². The summed E-state index contributed by atoms with van der Waals surface area (Å²) in [6.07, 6.45) is 6.36. The van der Waals surface area contributed by atoms with Gasteiger partial charge in [-0.15, -0.1) is 0 Å². The summed E-state index contributed by atoms with van der Waals surface area (Å²) in [4.78, 5) is 17.9. The number of aliphatic hydroxyl groups is 1. The lowest BCUT2D eigenvalue weighted by molar-refractivity contribution is -0.113. The fourth-order valence-corrected chi connectivity index (χ4v) is 10.9. The third-order valence-electron chi connectivity index (χ3n) is 12.5. The van der Waals surface area contributed by atoms with E-state index in [1.54, 1.807) is 12.2 Å². The molecule has 0 saturated carbocycles. The molecule has 0 aromatic heterocycles. The van der Waals surface area contributed by atoms with Crippen LogP contribution in [0, 0.1) is 0 Å². The Morgan fingerprint density at radius 3 is 1.42 bits per heavy atom. The minimum absolute atomic E-state index is 0.117. The molecule has 1 aliphatic carbocycles. The lowest BCUT2D eigenvalue weighted by Gasteiger charge is -2.29. The van der Waals surface area contributed by atoms with Crippen LogP contribution in [-0.4, -0.2) is 128 Å². The average Bonchev–Trinajstić information content (AvgIpc) is 3.60. The molecule has 0 radical (unpaired) electrons. The van der Waals surface area contributed by atoms with Gasteiger partial charge in [0, 0.05) is 41.0 Å². The normalized spacial score (nSPS) is 19.4. The molecule has 1 atom stereocenters. The van der Waals surface area contributed by atoms with Crippen LogP contribution in [0.4, 0.5) is 11.4 Å². The Morgan fingerprint density at radius 1 is 0.606 bits per heavy atom. The van der Waals surface area contributed by atoms with Gasteiger partial charge in [0.05, 0.1) is 40.2 Å². The maximum absolute atomic E-state index is 13.7. The van der Waals surface area contributed by atoms with E-state index in [0.29, 0.717) is 70.6 Å². The molecule has 2 aromatic carbocycles. The number of benzene rings is 2. The summed E-state index contributed by atoms with van der Waals surface area (Å²) in [5.41, 5.74) is 5.51. The van der Waals surface area contributed by atoms with E-state index in [9.17, 15) is 43.6 Å². The molecular formula is C44H64N4O14S4. The molecule has 2 heterocycles. The number of rotatable bonds is 26. The fourth-order valence-electron chi connectivity index (χ4n) is 8.67. The van der Waals surface area contributed by atoms with Crippen molar-refractivity contribution in [1.29, 1.82) is 0 Å². The van der Waals surface area contributed by atoms with Crippen LogP contribution in [0.3, 0.4) is 0 Å². The first kappa shape index (κ1) is 53.2. The quantitative estimate of drug-likeness (QED) is 0.0341. The van der Waals surface area contributed by atoms with Gasteiger partial charge in [0.1, 0.15) is 5.76 Å². The third-order valence-corrected chi connectivity index (χ3v) is 15.7. The number of fused-ring (bicyclic) bond motifs is 2. The van der Waals surface area contributed by atoms with Crippen LogP contribution in [0.25, 0.3) is 0 Å². The lowest BCUT2D eigenvalue weighted by atomic mass is 9.76. The number of unbranched alkanes of at least 4 members (excludes halogenated alkanes) is 4.